The Hall–Kier alpha value is -2.93. The van der Waals surface area contributed by atoms with Crippen LogP contribution in [-0.4, -0.2) is 24.5 Å². The highest BCUT2D eigenvalue weighted by atomic mass is 32.1. The second-order valence-electron chi connectivity index (χ2n) is 6.04. The number of hydrogen-bond donors (Lipinski definition) is 1. The summed E-state index contributed by atoms with van der Waals surface area (Å²) in [5.41, 5.74) is 1.68. The highest BCUT2D eigenvalue weighted by molar-refractivity contribution is 7.13. The van der Waals surface area contributed by atoms with Gasteiger partial charge >= 0.3 is 0 Å². The summed E-state index contributed by atoms with van der Waals surface area (Å²) < 4.78 is 24.9. The van der Waals surface area contributed by atoms with E-state index in [2.05, 4.69) is 10.3 Å². The zero-order valence-corrected chi connectivity index (χ0v) is 16.5. The number of ether oxygens (including phenoxy) is 2. The molecule has 0 aliphatic rings. The normalized spacial score (nSPS) is 10.5. The van der Waals surface area contributed by atoms with Gasteiger partial charge in [-0.1, -0.05) is 25.1 Å². The first-order valence-electron chi connectivity index (χ1n) is 8.90. The number of methoxy groups -OCH3 is 1. The minimum atomic E-state index is -0.310. The lowest BCUT2D eigenvalue weighted by Gasteiger charge is -2.12. The number of carbonyl (C=O) groups is 1. The lowest BCUT2D eigenvalue weighted by molar-refractivity contribution is 0.0949. The fourth-order valence-corrected chi connectivity index (χ4v) is 3.33. The van der Waals surface area contributed by atoms with Crippen LogP contribution in [0.15, 0.2) is 47.8 Å². The van der Waals surface area contributed by atoms with E-state index in [1.54, 1.807) is 42.8 Å². The second kappa shape index (κ2) is 9.32. The molecule has 0 saturated carbocycles. The molecule has 0 bridgehead atoms. The Morgan fingerprint density at radius 2 is 2.04 bits per heavy atom. The molecule has 1 amide bonds. The first-order chi connectivity index (χ1) is 13.6. The topological polar surface area (TPSA) is 60.5 Å². The molecule has 5 nitrogen and oxygen atoms in total. The highest BCUT2D eigenvalue weighted by Crippen LogP contribution is 2.34. The summed E-state index contributed by atoms with van der Waals surface area (Å²) in [5.74, 6) is 0.531. The minimum Gasteiger partial charge on any atom is -0.493 e. The average molecular weight is 400 g/mol. The number of halogens is 1. The predicted octanol–water partition coefficient (Wildman–Crippen LogP) is 4.68. The minimum absolute atomic E-state index is 0.0986. The standard InChI is InChI=1S/C21H21FN2O3S/c1-3-10-23-20(25)17-13-28-21(24-17)14-8-9-18(19(11-14)26-2)27-12-15-6-4-5-7-16(15)22/h4-9,11,13H,3,10,12H2,1-2H3,(H,23,25). The number of aromatic nitrogens is 1. The number of benzene rings is 2. The maximum absolute atomic E-state index is 13.8. The molecule has 1 N–H and O–H groups in total. The van der Waals surface area contributed by atoms with Gasteiger partial charge in [0.1, 0.15) is 23.1 Å². The van der Waals surface area contributed by atoms with E-state index in [0.717, 1.165) is 12.0 Å². The van der Waals surface area contributed by atoms with Gasteiger partial charge < -0.3 is 14.8 Å². The van der Waals surface area contributed by atoms with Crippen LogP contribution in [0, 0.1) is 5.82 Å². The van der Waals surface area contributed by atoms with Crippen LogP contribution >= 0.6 is 11.3 Å². The molecule has 0 spiro atoms. The van der Waals surface area contributed by atoms with E-state index in [0.29, 0.717) is 34.3 Å². The van der Waals surface area contributed by atoms with Gasteiger partial charge in [-0.3, -0.25) is 4.79 Å². The lowest BCUT2D eigenvalue weighted by Crippen LogP contribution is -2.24. The molecule has 0 aliphatic heterocycles. The van der Waals surface area contributed by atoms with Crippen LogP contribution < -0.4 is 14.8 Å². The fraction of sp³-hybridized carbons (Fsp3) is 0.238. The van der Waals surface area contributed by atoms with Crippen molar-refractivity contribution in [3.63, 3.8) is 0 Å². The van der Waals surface area contributed by atoms with Gasteiger partial charge in [0.2, 0.25) is 0 Å². The van der Waals surface area contributed by atoms with Gasteiger partial charge in [0.25, 0.3) is 5.91 Å². The predicted molar refractivity (Wildman–Crippen MR) is 107 cm³/mol. The van der Waals surface area contributed by atoms with Crippen molar-refractivity contribution in [2.45, 2.75) is 20.0 Å². The molecule has 1 aromatic heterocycles. The molecule has 1 heterocycles. The van der Waals surface area contributed by atoms with Crippen LogP contribution in [-0.2, 0) is 6.61 Å². The van der Waals surface area contributed by atoms with E-state index < -0.39 is 0 Å². The molecule has 0 fully saturated rings. The Morgan fingerprint density at radius 3 is 2.79 bits per heavy atom. The van der Waals surface area contributed by atoms with Crippen LogP contribution in [0.3, 0.4) is 0 Å². The number of carbonyl (C=O) groups excluding carboxylic acids is 1. The Morgan fingerprint density at radius 1 is 1.21 bits per heavy atom. The van der Waals surface area contributed by atoms with Crippen molar-refractivity contribution >= 4 is 17.2 Å². The summed E-state index contributed by atoms with van der Waals surface area (Å²) in [6.45, 7) is 2.71. The van der Waals surface area contributed by atoms with Crippen molar-refractivity contribution in [1.82, 2.24) is 10.3 Å². The maximum Gasteiger partial charge on any atom is 0.270 e. The number of nitrogens with one attached hydrogen (secondary N) is 1. The van der Waals surface area contributed by atoms with Gasteiger partial charge in [-0.15, -0.1) is 11.3 Å². The van der Waals surface area contributed by atoms with Gasteiger partial charge in [0.15, 0.2) is 11.5 Å². The third-order valence-electron chi connectivity index (χ3n) is 4.02. The Bertz CT molecular complexity index is 958. The third-order valence-corrected chi connectivity index (χ3v) is 4.92. The van der Waals surface area contributed by atoms with E-state index >= 15 is 0 Å². The largest absolute Gasteiger partial charge is 0.493 e. The van der Waals surface area contributed by atoms with Gasteiger partial charge in [-0.25, -0.2) is 9.37 Å². The van der Waals surface area contributed by atoms with Crippen LogP contribution in [0.25, 0.3) is 10.6 Å². The molecule has 7 heteroatoms. The monoisotopic (exact) mass is 400 g/mol. The third kappa shape index (κ3) is 4.67. The molecule has 0 radical (unpaired) electrons. The Labute approximate surface area is 167 Å². The van der Waals surface area contributed by atoms with Crippen LogP contribution in [0.2, 0.25) is 0 Å². The van der Waals surface area contributed by atoms with Crippen LogP contribution in [0.5, 0.6) is 11.5 Å². The molecule has 28 heavy (non-hydrogen) atoms. The second-order valence-corrected chi connectivity index (χ2v) is 6.90. The highest BCUT2D eigenvalue weighted by Gasteiger charge is 2.14. The molecular weight excluding hydrogens is 379 g/mol. The summed E-state index contributed by atoms with van der Waals surface area (Å²) >= 11 is 1.38. The van der Waals surface area contributed by atoms with Crippen molar-refractivity contribution < 1.29 is 18.7 Å². The van der Waals surface area contributed by atoms with Crippen LogP contribution in [0.1, 0.15) is 29.4 Å². The molecule has 2 aromatic carbocycles. The molecule has 0 saturated heterocycles. The van der Waals surface area contributed by atoms with Crippen molar-refractivity contribution in [3.05, 3.63) is 64.9 Å². The van der Waals surface area contributed by atoms with Gasteiger partial charge in [0, 0.05) is 23.1 Å². The molecular formula is C21H21FN2O3S. The number of amides is 1. The number of thiazole rings is 1. The zero-order chi connectivity index (χ0) is 19.9. The summed E-state index contributed by atoms with van der Waals surface area (Å²) in [7, 11) is 1.54. The van der Waals surface area contributed by atoms with E-state index in [1.165, 1.54) is 17.4 Å². The molecule has 3 aromatic rings. The summed E-state index contributed by atoms with van der Waals surface area (Å²) in [5, 5.41) is 5.25. The summed E-state index contributed by atoms with van der Waals surface area (Å²) in [6.07, 6.45) is 0.869. The quantitative estimate of drug-likeness (QED) is 0.597. The van der Waals surface area contributed by atoms with Crippen molar-refractivity contribution in [3.8, 4) is 22.1 Å². The lowest BCUT2D eigenvalue weighted by atomic mass is 10.2. The summed E-state index contributed by atoms with van der Waals surface area (Å²) in [6, 6.07) is 11.9. The molecule has 0 aliphatic carbocycles. The molecule has 0 unspecified atom stereocenters. The molecule has 3 rings (SSSR count). The zero-order valence-electron chi connectivity index (χ0n) is 15.7. The smallest absolute Gasteiger partial charge is 0.270 e. The van der Waals surface area contributed by atoms with Crippen molar-refractivity contribution in [2.24, 2.45) is 0 Å². The van der Waals surface area contributed by atoms with Crippen molar-refractivity contribution in [2.75, 3.05) is 13.7 Å². The van der Waals surface area contributed by atoms with Gasteiger partial charge in [-0.05, 0) is 30.7 Å². The Balaban J connectivity index is 1.75. The van der Waals surface area contributed by atoms with E-state index in [4.69, 9.17) is 9.47 Å². The van der Waals surface area contributed by atoms with E-state index in [9.17, 15) is 9.18 Å². The van der Waals surface area contributed by atoms with Gasteiger partial charge in [0.05, 0.1) is 7.11 Å². The number of rotatable bonds is 8. The van der Waals surface area contributed by atoms with E-state index in [-0.39, 0.29) is 18.3 Å². The molecule has 0 atom stereocenters. The number of nitrogens with zero attached hydrogens (tertiary/aromatic N) is 1. The Kier molecular flexibility index (Phi) is 6.60. The maximum atomic E-state index is 13.8. The first-order valence-corrected chi connectivity index (χ1v) is 9.78. The van der Waals surface area contributed by atoms with Gasteiger partial charge in [-0.2, -0.15) is 0 Å². The molecule has 146 valence electrons. The number of hydrogen-bond acceptors (Lipinski definition) is 5. The average Bonchev–Trinajstić information content (AvgIpc) is 3.21. The SMILES string of the molecule is CCCNC(=O)c1csc(-c2ccc(OCc3ccccc3F)c(OC)c2)n1. The van der Waals surface area contributed by atoms with Crippen LogP contribution in [0.4, 0.5) is 4.39 Å². The summed E-state index contributed by atoms with van der Waals surface area (Å²) in [4.78, 5) is 16.4. The fourth-order valence-electron chi connectivity index (χ4n) is 2.53. The van der Waals surface area contributed by atoms with E-state index in [1.807, 2.05) is 13.0 Å². The first kappa shape index (κ1) is 19.8. The van der Waals surface area contributed by atoms with Crippen molar-refractivity contribution in [1.29, 1.82) is 0 Å².